The minimum absolute atomic E-state index is 0.0580. The molecule has 160 valence electrons. The third kappa shape index (κ3) is 4.68. The van der Waals surface area contributed by atoms with Gasteiger partial charge in [0.2, 0.25) is 5.78 Å². The summed E-state index contributed by atoms with van der Waals surface area (Å²) in [5.41, 5.74) is -1.74. The number of rotatable bonds is 5. The first kappa shape index (κ1) is 23.1. The second-order valence-electron chi connectivity index (χ2n) is 8.50. The van der Waals surface area contributed by atoms with Crippen LogP contribution in [-0.2, 0) is 19.1 Å². The first-order valence-corrected chi connectivity index (χ1v) is 9.26. The molecule has 2 rings (SSSR count). The van der Waals surface area contributed by atoms with E-state index < -0.39 is 66.0 Å². The average Bonchev–Trinajstić information content (AvgIpc) is 2.57. The SMILES string of the molecule is CC(=O)C(=O)C=C1C(C)(C)CC(OC2OC(CO)C(O)C(O)C2O)CC1(C)O. The van der Waals surface area contributed by atoms with E-state index in [-0.39, 0.29) is 6.42 Å². The molecule has 2 aliphatic rings. The van der Waals surface area contributed by atoms with Gasteiger partial charge in [-0.25, -0.2) is 0 Å². The zero-order chi connectivity index (χ0) is 21.4. The van der Waals surface area contributed by atoms with E-state index in [2.05, 4.69) is 0 Å². The number of aliphatic hydroxyl groups is 5. The van der Waals surface area contributed by atoms with Gasteiger partial charge >= 0.3 is 0 Å². The fraction of sp³-hybridized carbons (Fsp3) is 0.789. The Balaban J connectivity index is 2.20. The minimum atomic E-state index is -1.56. The number of ether oxygens (including phenoxy) is 2. The highest BCUT2D eigenvalue weighted by Gasteiger charge is 2.49. The van der Waals surface area contributed by atoms with Crippen molar-refractivity contribution in [2.24, 2.45) is 5.41 Å². The standard InChI is InChI=1S/C19H30O9/c1-9(21)11(22)5-13-18(2,3)6-10(7-19(13,4)26)27-17-16(25)15(24)14(23)12(8-20)28-17/h5,10,12,14-17,20,23-26H,6-8H2,1-4H3. The third-order valence-corrected chi connectivity index (χ3v) is 5.47. The summed E-state index contributed by atoms with van der Waals surface area (Å²) in [6.45, 7) is 5.69. The molecule has 1 heterocycles. The predicted octanol–water partition coefficient (Wildman–Crippen LogP) is -1.17. The van der Waals surface area contributed by atoms with Crippen LogP contribution in [0.15, 0.2) is 11.6 Å². The summed E-state index contributed by atoms with van der Waals surface area (Å²) in [7, 11) is 0. The molecule has 0 aromatic carbocycles. The maximum Gasteiger partial charge on any atom is 0.221 e. The molecule has 0 spiro atoms. The second kappa shape index (κ2) is 8.27. The summed E-state index contributed by atoms with van der Waals surface area (Å²) in [5, 5.41) is 50.1. The number of ketones is 2. The number of hydrogen-bond acceptors (Lipinski definition) is 9. The molecule has 1 aliphatic carbocycles. The van der Waals surface area contributed by atoms with Crippen LogP contribution >= 0.6 is 0 Å². The molecule has 7 unspecified atom stereocenters. The molecule has 9 nitrogen and oxygen atoms in total. The summed E-state index contributed by atoms with van der Waals surface area (Å²) < 4.78 is 11.1. The van der Waals surface area contributed by atoms with Crippen molar-refractivity contribution in [3.8, 4) is 0 Å². The topological polar surface area (TPSA) is 154 Å². The van der Waals surface area contributed by atoms with Crippen molar-refractivity contribution in [2.45, 2.75) is 82.9 Å². The molecular formula is C19H30O9. The van der Waals surface area contributed by atoms with E-state index >= 15 is 0 Å². The van der Waals surface area contributed by atoms with E-state index in [1.165, 1.54) is 13.0 Å². The maximum absolute atomic E-state index is 11.9. The van der Waals surface area contributed by atoms with Crippen molar-refractivity contribution >= 4 is 11.6 Å². The Labute approximate surface area is 163 Å². The molecule has 0 aromatic rings. The summed E-state index contributed by atoms with van der Waals surface area (Å²) in [4.78, 5) is 23.2. The van der Waals surface area contributed by atoms with Gasteiger partial charge in [-0.3, -0.25) is 9.59 Å². The minimum Gasteiger partial charge on any atom is -0.394 e. The first-order valence-electron chi connectivity index (χ1n) is 9.26. The van der Waals surface area contributed by atoms with Crippen molar-refractivity contribution in [3.63, 3.8) is 0 Å². The Hall–Kier alpha value is -1.20. The van der Waals surface area contributed by atoms with Gasteiger partial charge in [0.25, 0.3) is 0 Å². The lowest BCUT2D eigenvalue weighted by molar-refractivity contribution is -0.316. The molecule has 9 heteroatoms. The highest BCUT2D eigenvalue weighted by atomic mass is 16.7. The monoisotopic (exact) mass is 402 g/mol. The van der Waals surface area contributed by atoms with Gasteiger partial charge in [-0.15, -0.1) is 0 Å². The molecule has 1 aliphatic heterocycles. The van der Waals surface area contributed by atoms with Crippen molar-refractivity contribution in [3.05, 3.63) is 11.6 Å². The summed E-state index contributed by atoms with van der Waals surface area (Å²) in [6.07, 6.45) is -6.03. The third-order valence-electron chi connectivity index (χ3n) is 5.47. The van der Waals surface area contributed by atoms with Gasteiger partial charge in [0.15, 0.2) is 12.1 Å². The van der Waals surface area contributed by atoms with Crippen LogP contribution in [0.4, 0.5) is 0 Å². The number of Topliss-reactive ketones (excluding diaryl/α,β-unsaturated/α-hetero) is 1. The lowest BCUT2D eigenvalue weighted by Crippen LogP contribution is -2.60. The van der Waals surface area contributed by atoms with Gasteiger partial charge in [0, 0.05) is 13.3 Å². The van der Waals surface area contributed by atoms with Crippen LogP contribution in [0, 0.1) is 5.41 Å². The molecule has 0 amide bonds. The van der Waals surface area contributed by atoms with Crippen LogP contribution in [0.2, 0.25) is 0 Å². The van der Waals surface area contributed by atoms with E-state index in [9.17, 15) is 35.1 Å². The van der Waals surface area contributed by atoms with Gasteiger partial charge < -0.3 is 35.0 Å². The van der Waals surface area contributed by atoms with Crippen LogP contribution in [0.3, 0.4) is 0 Å². The second-order valence-corrected chi connectivity index (χ2v) is 8.50. The summed E-state index contributed by atoms with van der Waals surface area (Å²) in [5.74, 6) is -1.32. The van der Waals surface area contributed by atoms with Gasteiger partial charge in [-0.2, -0.15) is 0 Å². The Bertz CT molecular complexity index is 617. The van der Waals surface area contributed by atoms with E-state index in [0.29, 0.717) is 12.0 Å². The van der Waals surface area contributed by atoms with Gasteiger partial charge in [-0.05, 0) is 30.4 Å². The van der Waals surface area contributed by atoms with E-state index in [4.69, 9.17) is 9.47 Å². The van der Waals surface area contributed by atoms with Crippen LogP contribution in [0.5, 0.6) is 0 Å². The van der Waals surface area contributed by atoms with Crippen LogP contribution in [0.25, 0.3) is 0 Å². The van der Waals surface area contributed by atoms with Gasteiger partial charge in [0.1, 0.15) is 24.4 Å². The van der Waals surface area contributed by atoms with Crippen molar-refractivity contribution in [1.82, 2.24) is 0 Å². The number of hydrogen-bond donors (Lipinski definition) is 5. The Morgan fingerprint density at radius 2 is 1.75 bits per heavy atom. The van der Waals surface area contributed by atoms with E-state index in [1.807, 2.05) is 0 Å². The average molecular weight is 402 g/mol. The summed E-state index contributed by atoms with van der Waals surface area (Å²) >= 11 is 0. The highest BCUT2D eigenvalue weighted by molar-refractivity contribution is 6.40. The molecule has 5 N–H and O–H groups in total. The van der Waals surface area contributed by atoms with E-state index in [0.717, 1.165) is 6.92 Å². The largest absolute Gasteiger partial charge is 0.394 e. The fourth-order valence-electron chi connectivity index (χ4n) is 4.08. The Morgan fingerprint density at radius 1 is 1.14 bits per heavy atom. The Morgan fingerprint density at radius 3 is 2.25 bits per heavy atom. The van der Waals surface area contributed by atoms with Crippen LogP contribution < -0.4 is 0 Å². The molecule has 2 fully saturated rings. The molecule has 28 heavy (non-hydrogen) atoms. The quantitative estimate of drug-likeness (QED) is 0.283. The number of carbonyl (C=O) groups is 2. The maximum atomic E-state index is 11.9. The molecule has 0 radical (unpaired) electrons. The number of allylic oxidation sites excluding steroid dienone is 1. The molecule has 1 saturated heterocycles. The van der Waals surface area contributed by atoms with Crippen molar-refractivity contribution in [2.75, 3.05) is 6.61 Å². The van der Waals surface area contributed by atoms with Crippen LogP contribution in [0.1, 0.15) is 40.5 Å². The number of carbonyl (C=O) groups excluding carboxylic acids is 2. The molecular weight excluding hydrogens is 372 g/mol. The van der Waals surface area contributed by atoms with Crippen molar-refractivity contribution < 1.29 is 44.6 Å². The molecule has 1 saturated carbocycles. The molecule has 0 aromatic heterocycles. The predicted molar refractivity (Wildman–Crippen MR) is 96.1 cm³/mol. The summed E-state index contributed by atoms with van der Waals surface area (Å²) in [6, 6.07) is 0. The normalized spacial score (nSPS) is 42.4. The van der Waals surface area contributed by atoms with E-state index in [1.54, 1.807) is 13.8 Å². The smallest absolute Gasteiger partial charge is 0.221 e. The van der Waals surface area contributed by atoms with Gasteiger partial charge in [-0.1, -0.05) is 13.8 Å². The lowest BCUT2D eigenvalue weighted by atomic mass is 9.64. The van der Waals surface area contributed by atoms with Crippen LogP contribution in [-0.4, -0.2) is 86.1 Å². The zero-order valence-electron chi connectivity index (χ0n) is 16.5. The Kier molecular flexibility index (Phi) is 6.82. The van der Waals surface area contributed by atoms with Crippen molar-refractivity contribution in [1.29, 1.82) is 0 Å². The highest BCUT2D eigenvalue weighted by Crippen LogP contribution is 2.47. The number of aliphatic hydroxyl groups excluding tert-OH is 4. The first-order chi connectivity index (χ1) is 12.8. The lowest BCUT2D eigenvalue weighted by Gasteiger charge is -2.48. The zero-order valence-corrected chi connectivity index (χ0v) is 16.5. The van der Waals surface area contributed by atoms with Gasteiger partial charge in [0.05, 0.1) is 18.3 Å². The molecule has 0 bridgehead atoms. The molecule has 7 atom stereocenters. The fourth-order valence-corrected chi connectivity index (χ4v) is 4.08.